The number of nitrogens with one attached hydrogen (secondary N) is 1. The number of carbonyl (C=O) groups is 1. The molecule has 4 nitrogen and oxygen atoms in total. The van der Waals surface area contributed by atoms with Crippen LogP contribution in [0.5, 0.6) is 0 Å². The first-order valence-electron chi connectivity index (χ1n) is 6.73. The van der Waals surface area contributed by atoms with Crippen LogP contribution in [0.3, 0.4) is 0 Å². The van der Waals surface area contributed by atoms with E-state index in [0.29, 0.717) is 25.5 Å². The third-order valence-corrected chi connectivity index (χ3v) is 3.05. The topological polar surface area (TPSA) is 64.3 Å². The van der Waals surface area contributed by atoms with Crippen molar-refractivity contribution >= 4 is 11.6 Å². The summed E-state index contributed by atoms with van der Waals surface area (Å²) in [5.41, 5.74) is 7.37. The van der Waals surface area contributed by atoms with Gasteiger partial charge >= 0.3 is 0 Å². The van der Waals surface area contributed by atoms with Crippen LogP contribution in [0.15, 0.2) is 24.3 Å². The summed E-state index contributed by atoms with van der Waals surface area (Å²) in [6.07, 6.45) is 2.38. The van der Waals surface area contributed by atoms with Crippen molar-refractivity contribution in [3.63, 3.8) is 0 Å². The van der Waals surface area contributed by atoms with Gasteiger partial charge < -0.3 is 15.8 Å². The molecular weight excluding hydrogens is 240 g/mol. The molecule has 0 saturated carbocycles. The van der Waals surface area contributed by atoms with Crippen LogP contribution in [0, 0.1) is 5.92 Å². The number of anilines is 1. The van der Waals surface area contributed by atoms with E-state index in [0.717, 1.165) is 24.1 Å². The molecular formula is C15H24N2O2. The zero-order valence-corrected chi connectivity index (χ0v) is 11.8. The van der Waals surface area contributed by atoms with Gasteiger partial charge in [0.05, 0.1) is 6.61 Å². The molecule has 0 aliphatic carbocycles. The third kappa shape index (κ3) is 6.36. The smallest absolute Gasteiger partial charge is 0.224 e. The Kier molecular flexibility index (Phi) is 7.15. The van der Waals surface area contributed by atoms with Crippen molar-refractivity contribution in [2.45, 2.75) is 32.8 Å². The predicted molar refractivity (Wildman–Crippen MR) is 77.9 cm³/mol. The first-order valence-corrected chi connectivity index (χ1v) is 6.73. The van der Waals surface area contributed by atoms with E-state index in [2.05, 4.69) is 12.2 Å². The molecule has 0 saturated heterocycles. The van der Waals surface area contributed by atoms with Crippen LogP contribution >= 0.6 is 0 Å². The lowest BCUT2D eigenvalue weighted by atomic mass is 10.0. The Morgan fingerprint density at radius 2 is 2.21 bits per heavy atom. The van der Waals surface area contributed by atoms with Crippen molar-refractivity contribution in [1.29, 1.82) is 0 Å². The van der Waals surface area contributed by atoms with Crippen molar-refractivity contribution in [3.05, 3.63) is 29.8 Å². The van der Waals surface area contributed by atoms with Crippen molar-refractivity contribution in [2.75, 3.05) is 19.0 Å². The summed E-state index contributed by atoms with van der Waals surface area (Å²) in [6.45, 7) is 3.36. The van der Waals surface area contributed by atoms with E-state index in [9.17, 15) is 4.79 Å². The molecule has 1 amide bonds. The first-order chi connectivity index (χ1) is 9.15. The molecule has 0 spiro atoms. The molecule has 0 radical (unpaired) electrons. The minimum atomic E-state index is 0.0541. The third-order valence-electron chi connectivity index (χ3n) is 3.05. The van der Waals surface area contributed by atoms with Gasteiger partial charge in [-0.25, -0.2) is 0 Å². The summed E-state index contributed by atoms with van der Waals surface area (Å²) in [6, 6.07) is 7.72. The van der Waals surface area contributed by atoms with Gasteiger partial charge in [-0.2, -0.15) is 0 Å². The number of hydrogen-bond acceptors (Lipinski definition) is 3. The fourth-order valence-electron chi connectivity index (χ4n) is 1.94. The highest BCUT2D eigenvalue weighted by molar-refractivity contribution is 5.90. The minimum absolute atomic E-state index is 0.0541. The van der Waals surface area contributed by atoms with Crippen LogP contribution in [0.4, 0.5) is 5.69 Å². The molecule has 0 heterocycles. The van der Waals surface area contributed by atoms with Crippen LogP contribution in [0.1, 0.15) is 31.7 Å². The predicted octanol–water partition coefficient (Wildman–Crippen LogP) is 2.54. The summed E-state index contributed by atoms with van der Waals surface area (Å²) in [7, 11) is 1.66. The van der Waals surface area contributed by atoms with Gasteiger partial charge in [0.25, 0.3) is 0 Å². The van der Waals surface area contributed by atoms with Crippen molar-refractivity contribution in [2.24, 2.45) is 11.7 Å². The number of rotatable bonds is 8. The van der Waals surface area contributed by atoms with Crippen LogP contribution in [-0.2, 0) is 16.1 Å². The molecule has 0 bridgehead atoms. The van der Waals surface area contributed by atoms with Crippen LogP contribution in [0.2, 0.25) is 0 Å². The second-order valence-electron chi connectivity index (χ2n) is 4.90. The molecule has 4 heteroatoms. The molecule has 0 aliphatic rings. The molecule has 0 fully saturated rings. The van der Waals surface area contributed by atoms with Gasteiger partial charge in [-0.15, -0.1) is 0 Å². The van der Waals surface area contributed by atoms with Crippen molar-refractivity contribution in [3.8, 4) is 0 Å². The Morgan fingerprint density at radius 3 is 2.89 bits per heavy atom. The molecule has 3 N–H and O–H groups in total. The maximum Gasteiger partial charge on any atom is 0.224 e. The number of ether oxygens (including phenoxy) is 1. The van der Waals surface area contributed by atoms with E-state index in [1.807, 2.05) is 24.3 Å². The van der Waals surface area contributed by atoms with Crippen LogP contribution < -0.4 is 11.1 Å². The highest BCUT2D eigenvalue weighted by atomic mass is 16.5. The Balaban J connectivity index is 2.41. The van der Waals surface area contributed by atoms with Gasteiger partial charge in [0.15, 0.2) is 0 Å². The molecule has 19 heavy (non-hydrogen) atoms. The van der Waals surface area contributed by atoms with Gasteiger partial charge in [0, 0.05) is 19.2 Å². The van der Waals surface area contributed by atoms with Gasteiger partial charge in [-0.3, -0.25) is 4.79 Å². The molecule has 1 rings (SSSR count). The summed E-state index contributed by atoms with van der Waals surface area (Å²) in [4.78, 5) is 11.8. The number of amides is 1. The van der Waals surface area contributed by atoms with E-state index in [1.54, 1.807) is 7.11 Å². The molecule has 1 unspecified atom stereocenters. The zero-order chi connectivity index (χ0) is 14.1. The normalized spacial score (nSPS) is 12.2. The molecule has 0 aliphatic heterocycles. The van der Waals surface area contributed by atoms with Gasteiger partial charge in [0.1, 0.15) is 0 Å². The van der Waals surface area contributed by atoms with E-state index in [1.165, 1.54) is 0 Å². The maximum absolute atomic E-state index is 11.8. The van der Waals surface area contributed by atoms with Gasteiger partial charge in [0.2, 0.25) is 5.91 Å². The fraction of sp³-hybridized carbons (Fsp3) is 0.533. The molecule has 0 aromatic heterocycles. The van der Waals surface area contributed by atoms with Crippen molar-refractivity contribution < 1.29 is 9.53 Å². The lowest BCUT2D eigenvalue weighted by molar-refractivity contribution is -0.116. The summed E-state index contributed by atoms with van der Waals surface area (Å²) < 4.78 is 5.07. The largest absolute Gasteiger partial charge is 0.380 e. The van der Waals surface area contributed by atoms with Gasteiger partial charge in [-0.1, -0.05) is 19.1 Å². The second-order valence-corrected chi connectivity index (χ2v) is 4.90. The number of nitrogens with two attached hydrogens (primary N) is 1. The number of methoxy groups -OCH3 is 1. The van der Waals surface area contributed by atoms with E-state index in [-0.39, 0.29) is 5.91 Å². The molecule has 1 aromatic carbocycles. The monoisotopic (exact) mass is 264 g/mol. The summed E-state index contributed by atoms with van der Waals surface area (Å²) >= 11 is 0. The molecule has 1 atom stereocenters. The average molecular weight is 264 g/mol. The average Bonchev–Trinajstić information content (AvgIpc) is 2.38. The number of benzene rings is 1. The molecule has 1 aromatic rings. The number of carbonyl (C=O) groups excluding carboxylic acids is 1. The van der Waals surface area contributed by atoms with E-state index < -0.39 is 0 Å². The quantitative estimate of drug-likeness (QED) is 0.758. The highest BCUT2D eigenvalue weighted by Crippen LogP contribution is 2.14. The van der Waals surface area contributed by atoms with Crippen LogP contribution in [0.25, 0.3) is 0 Å². The standard InChI is InChI=1S/C15H24N2O2/c1-12(8-9-16)6-7-15(18)17-14-5-3-4-13(10-14)11-19-2/h3-5,10,12H,6-9,11,16H2,1-2H3,(H,17,18). The second kappa shape index (κ2) is 8.67. The Morgan fingerprint density at radius 1 is 1.42 bits per heavy atom. The summed E-state index contributed by atoms with van der Waals surface area (Å²) in [5, 5.41) is 2.91. The fourth-order valence-corrected chi connectivity index (χ4v) is 1.94. The zero-order valence-electron chi connectivity index (χ0n) is 11.8. The molecule has 106 valence electrons. The summed E-state index contributed by atoms with van der Waals surface area (Å²) in [5.74, 6) is 0.550. The lowest BCUT2D eigenvalue weighted by Gasteiger charge is -2.10. The van der Waals surface area contributed by atoms with Crippen molar-refractivity contribution in [1.82, 2.24) is 0 Å². The minimum Gasteiger partial charge on any atom is -0.380 e. The van der Waals surface area contributed by atoms with Crippen LogP contribution in [-0.4, -0.2) is 19.6 Å². The van der Waals surface area contributed by atoms with Gasteiger partial charge in [-0.05, 0) is 43.0 Å². The Labute approximate surface area is 115 Å². The highest BCUT2D eigenvalue weighted by Gasteiger charge is 2.07. The first kappa shape index (κ1) is 15.7. The maximum atomic E-state index is 11.8. The van der Waals surface area contributed by atoms with E-state index >= 15 is 0 Å². The van der Waals surface area contributed by atoms with E-state index in [4.69, 9.17) is 10.5 Å². The number of hydrogen-bond donors (Lipinski definition) is 2. The Bertz CT molecular complexity index is 393. The SMILES string of the molecule is COCc1cccc(NC(=O)CCC(C)CCN)c1. The lowest BCUT2D eigenvalue weighted by Crippen LogP contribution is -2.14. The Hall–Kier alpha value is -1.39.